The average molecular weight is 510 g/mol. The van der Waals surface area contributed by atoms with E-state index in [1.165, 1.54) is 0 Å². The minimum atomic E-state index is -0.335. The van der Waals surface area contributed by atoms with Gasteiger partial charge in [0.05, 0.1) is 15.9 Å². The number of nitrogens with one attached hydrogen (secondary N) is 1. The summed E-state index contributed by atoms with van der Waals surface area (Å²) in [4.78, 5) is 17.6. The first-order valence-electron chi connectivity index (χ1n) is 9.39. The molecular weight excluding hydrogens is 496 g/mol. The summed E-state index contributed by atoms with van der Waals surface area (Å²) in [5.41, 5.74) is 3.24. The van der Waals surface area contributed by atoms with Gasteiger partial charge in [-0.3, -0.25) is 4.79 Å². The van der Waals surface area contributed by atoms with Crippen molar-refractivity contribution in [2.75, 3.05) is 5.32 Å². The van der Waals surface area contributed by atoms with E-state index in [4.69, 9.17) is 21.0 Å². The van der Waals surface area contributed by atoms with Gasteiger partial charge in [0.25, 0.3) is 5.91 Å². The van der Waals surface area contributed by atoms with Crippen LogP contribution in [-0.4, -0.2) is 10.9 Å². The number of amides is 1. The first-order valence-corrected chi connectivity index (χ1v) is 11.4. The lowest BCUT2D eigenvalue weighted by atomic mass is 10.2. The Morgan fingerprint density at radius 2 is 1.87 bits per heavy atom. The van der Waals surface area contributed by atoms with Crippen LogP contribution in [0.15, 0.2) is 87.8 Å². The highest BCUT2D eigenvalue weighted by Gasteiger charge is 2.17. The summed E-state index contributed by atoms with van der Waals surface area (Å²) in [6.07, 6.45) is 0. The van der Waals surface area contributed by atoms with Crippen molar-refractivity contribution in [2.24, 2.45) is 0 Å². The first-order chi connectivity index (χ1) is 15.1. The van der Waals surface area contributed by atoms with E-state index in [9.17, 15) is 4.79 Å². The number of nitrogens with zero attached hydrogens (tertiary/aromatic N) is 1. The molecule has 0 saturated heterocycles. The highest BCUT2D eigenvalue weighted by atomic mass is 79.9. The summed E-state index contributed by atoms with van der Waals surface area (Å²) in [6.45, 7) is 0. The number of fused-ring (bicyclic) bond motifs is 1. The summed E-state index contributed by atoms with van der Waals surface area (Å²) >= 11 is 11.2. The van der Waals surface area contributed by atoms with E-state index in [0.29, 0.717) is 16.5 Å². The smallest absolute Gasteiger partial charge is 0.291 e. The van der Waals surface area contributed by atoms with E-state index in [1.807, 2.05) is 54.6 Å². The number of carbonyl (C=O) groups excluding carboxylic acids is 1. The maximum absolute atomic E-state index is 12.9. The summed E-state index contributed by atoms with van der Waals surface area (Å²) in [6, 6.07) is 24.4. The van der Waals surface area contributed by atoms with Crippen LogP contribution in [0.3, 0.4) is 0 Å². The van der Waals surface area contributed by atoms with Gasteiger partial charge in [0.1, 0.15) is 10.8 Å². The normalized spacial score (nSPS) is 11.0. The van der Waals surface area contributed by atoms with Crippen molar-refractivity contribution in [3.63, 3.8) is 0 Å². The van der Waals surface area contributed by atoms with Gasteiger partial charge >= 0.3 is 0 Å². The monoisotopic (exact) mass is 508 g/mol. The van der Waals surface area contributed by atoms with Crippen LogP contribution in [-0.2, 0) is 0 Å². The van der Waals surface area contributed by atoms with E-state index in [-0.39, 0.29) is 11.7 Å². The molecule has 0 aliphatic heterocycles. The minimum Gasteiger partial charge on any atom is -0.451 e. The number of anilines is 1. The van der Waals surface area contributed by atoms with Gasteiger partial charge in [-0.25, -0.2) is 4.98 Å². The molecule has 0 unspecified atom stereocenters. The molecule has 2 heterocycles. The topological polar surface area (TPSA) is 55.1 Å². The Balaban J connectivity index is 1.46. The molecular formula is C24H14BrClN2O2S. The molecule has 2 aromatic heterocycles. The van der Waals surface area contributed by atoms with Crippen molar-refractivity contribution in [1.82, 2.24) is 4.98 Å². The fraction of sp³-hybridized carbons (Fsp3) is 0. The van der Waals surface area contributed by atoms with Crippen LogP contribution >= 0.6 is 38.9 Å². The second-order valence-corrected chi connectivity index (χ2v) is 9.19. The van der Waals surface area contributed by atoms with Gasteiger partial charge < -0.3 is 9.73 Å². The summed E-state index contributed by atoms with van der Waals surface area (Å²) in [5, 5.41) is 4.40. The second kappa shape index (κ2) is 8.30. The van der Waals surface area contributed by atoms with Crippen molar-refractivity contribution in [2.45, 2.75) is 0 Å². The molecule has 0 spiro atoms. The molecule has 3 aromatic carbocycles. The van der Waals surface area contributed by atoms with Gasteiger partial charge in [0, 0.05) is 20.6 Å². The van der Waals surface area contributed by atoms with Crippen molar-refractivity contribution in [3.8, 4) is 21.9 Å². The van der Waals surface area contributed by atoms with E-state index in [2.05, 4.69) is 21.2 Å². The summed E-state index contributed by atoms with van der Waals surface area (Å²) in [5.74, 6) is 0.459. The zero-order chi connectivity index (χ0) is 21.4. The number of hydrogen-bond donors (Lipinski definition) is 1. The predicted molar refractivity (Wildman–Crippen MR) is 130 cm³/mol. The standard InChI is InChI=1S/C24H14BrClN2O2S/c25-15-8-9-18(17(13-15)24-28-19-6-1-2-7-22(19)31-24)27-23(29)21-11-10-20(30-21)14-4-3-5-16(26)12-14/h1-13H,(H,27,29). The van der Waals surface area contributed by atoms with Crippen LogP contribution in [0.4, 0.5) is 5.69 Å². The Morgan fingerprint density at radius 1 is 1.00 bits per heavy atom. The third kappa shape index (κ3) is 4.14. The van der Waals surface area contributed by atoms with Gasteiger partial charge in [0.2, 0.25) is 0 Å². The number of benzene rings is 3. The number of carbonyl (C=O) groups is 1. The van der Waals surface area contributed by atoms with Crippen LogP contribution in [0.1, 0.15) is 10.6 Å². The molecule has 0 aliphatic rings. The molecule has 4 nitrogen and oxygen atoms in total. The summed E-state index contributed by atoms with van der Waals surface area (Å²) in [7, 11) is 0. The molecule has 152 valence electrons. The highest BCUT2D eigenvalue weighted by Crippen LogP contribution is 2.36. The lowest BCUT2D eigenvalue weighted by Crippen LogP contribution is -2.11. The number of para-hydroxylation sites is 1. The third-order valence-corrected chi connectivity index (χ3v) is 6.49. The third-order valence-electron chi connectivity index (χ3n) is 4.69. The lowest BCUT2D eigenvalue weighted by molar-refractivity contribution is 0.0997. The molecule has 1 N–H and O–H groups in total. The Hall–Kier alpha value is -2.93. The fourth-order valence-electron chi connectivity index (χ4n) is 3.23. The highest BCUT2D eigenvalue weighted by molar-refractivity contribution is 9.10. The molecule has 0 saturated carbocycles. The van der Waals surface area contributed by atoms with Gasteiger partial charge in [0.15, 0.2) is 5.76 Å². The van der Waals surface area contributed by atoms with E-state index in [0.717, 1.165) is 30.8 Å². The van der Waals surface area contributed by atoms with E-state index < -0.39 is 0 Å². The molecule has 0 fully saturated rings. The van der Waals surface area contributed by atoms with Gasteiger partial charge in [-0.1, -0.05) is 51.8 Å². The van der Waals surface area contributed by atoms with Crippen LogP contribution in [0.2, 0.25) is 5.02 Å². The fourth-order valence-corrected chi connectivity index (χ4v) is 4.78. The summed E-state index contributed by atoms with van der Waals surface area (Å²) < 4.78 is 7.78. The number of rotatable bonds is 4. The number of halogens is 2. The molecule has 1 amide bonds. The van der Waals surface area contributed by atoms with Crippen molar-refractivity contribution in [1.29, 1.82) is 0 Å². The molecule has 0 aliphatic carbocycles. The quantitative estimate of drug-likeness (QED) is 0.268. The minimum absolute atomic E-state index is 0.216. The van der Waals surface area contributed by atoms with E-state index >= 15 is 0 Å². The molecule has 5 rings (SSSR count). The molecule has 5 aromatic rings. The molecule has 31 heavy (non-hydrogen) atoms. The molecule has 0 radical (unpaired) electrons. The predicted octanol–water partition coefficient (Wildman–Crippen LogP) is 7.89. The number of aromatic nitrogens is 1. The second-order valence-electron chi connectivity index (χ2n) is 6.81. The number of thiazole rings is 1. The maximum atomic E-state index is 12.9. The van der Waals surface area contributed by atoms with Crippen molar-refractivity contribution in [3.05, 3.63) is 94.1 Å². The Kier molecular flexibility index (Phi) is 5.36. The molecule has 0 bridgehead atoms. The van der Waals surface area contributed by atoms with Crippen LogP contribution < -0.4 is 5.32 Å². The number of hydrogen-bond acceptors (Lipinski definition) is 4. The largest absolute Gasteiger partial charge is 0.451 e. The maximum Gasteiger partial charge on any atom is 0.291 e. The van der Waals surface area contributed by atoms with Crippen molar-refractivity contribution >= 4 is 60.7 Å². The zero-order valence-corrected chi connectivity index (χ0v) is 19.1. The lowest BCUT2D eigenvalue weighted by Gasteiger charge is -2.09. The molecule has 7 heteroatoms. The Morgan fingerprint density at radius 3 is 2.71 bits per heavy atom. The van der Waals surface area contributed by atoms with Crippen molar-refractivity contribution < 1.29 is 9.21 Å². The molecule has 0 atom stereocenters. The van der Waals surface area contributed by atoms with Crippen LogP contribution in [0, 0.1) is 0 Å². The van der Waals surface area contributed by atoms with Crippen LogP contribution in [0.25, 0.3) is 32.1 Å². The van der Waals surface area contributed by atoms with Crippen LogP contribution in [0.5, 0.6) is 0 Å². The van der Waals surface area contributed by atoms with Gasteiger partial charge in [-0.2, -0.15) is 0 Å². The van der Waals surface area contributed by atoms with E-state index in [1.54, 1.807) is 35.6 Å². The number of furan rings is 1. The Bertz CT molecular complexity index is 1390. The first kappa shape index (κ1) is 20.0. The zero-order valence-electron chi connectivity index (χ0n) is 15.9. The van der Waals surface area contributed by atoms with Gasteiger partial charge in [-0.15, -0.1) is 11.3 Å². The Labute approximate surface area is 195 Å². The SMILES string of the molecule is O=C(Nc1ccc(Br)cc1-c1nc2ccccc2s1)c1ccc(-c2cccc(Cl)c2)o1. The average Bonchev–Trinajstić information content (AvgIpc) is 3.42. The van der Waals surface area contributed by atoms with Gasteiger partial charge in [-0.05, 0) is 54.6 Å².